The molecule has 30 heavy (non-hydrogen) atoms. The van der Waals surface area contributed by atoms with Crippen LogP contribution in [-0.2, 0) is 4.79 Å². The number of hydrogen-bond donors (Lipinski definition) is 1. The zero-order chi connectivity index (χ0) is 20.8. The molecule has 0 spiro atoms. The number of fused-ring (bicyclic) bond motifs is 1. The number of oxazole rings is 1. The van der Waals surface area contributed by atoms with Gasteiger partial charge in [-0.3, -0.25) is 4.79 Å². The van der Waals surface area contributed by atoms with Crippen LogP contribution in [-0.4, -0.2) is 35.7 Å². The molecular weight excluding hydrogens is 408 g/mol. The van der Waals surface area contributed by atoms with Crippen LogP contribution in [0.1, 0.15) is 50.1 Å². The quantitative estimate of drug-likeness (QED) is 0.604. The molecule has 1 saturated heterocycles. The second kappa shape index (κ2) is 7.50. The Morgan fingerprint density at radius 3 is 2.90 bits per heavy atom. The highest BCUT2D eigenvalue weighted by Crippen LogP contribution is 2.37. The van der Waals surface area contributed by atoms with Gasteiger partial charge >= 0.3 is 0 Å². The lowest BCUT2D eigenvalue weighted by atomic mass is 9.96. The lowest BCUT2D eigenvalue weighted by Gasteiger charge is -2.36. The standard InChI is InChI=1S/C21H23ClN4O4/c1-11(23-12(2)27)18-6-16(25-30-18)14-8-26(9-14)21-24-17-5-15(22)19(7-20(17)29-21)28-10-13-3-4-13/h5-7,11,13-14H,3-4,8-10H2,1-2H3,(H,23,27)/t11-/m0/s1. The van der Waals surface area contributed by atoms with Gasteiger partial charge in [-0.1, -0.05) is 16.8 Å². The number of anilines is 1. The second-order valence-corrected chi connectivity index (χ2v) is 8.59. The van der Waals surface area contributed by atoms with Crippen molar-refractivity contribution in [1.29, 1.82) is 0 Å². The Bertz CT molecular complexity index is 1080. The minimum Gasteiger partial charge on any atom is -0.492 e. The zero-order valence-electron chi connectivity index (χ0n) is 16.9. The molecule has 3 heterocycles. The number of hydrogen-bond acceptors (Lipinski definition) is 7. The topological polar surface area (TPSA) is 93.6 Å². The first-order chi connectivity index (χ1) is 14.5. The number of halogens is 1. The summed E-state index contributed by atoms with van der Waals surface area (Å²) in [5.74, 6) is 2.06. The molecule has 2 aliphatic rings. The van der Waals surface area contributed by atoms with E-state index in [-0.39, 0.29) is 17.9 Å². The van der Waals surface area contributed by atoms with Gasteiger partial charge in [0, 0.05) is 38.1 Å². The number of nitrogens with zero attached hydrogens (tertiary/aromatic N) is 3. The minimum atomic E-state index is -0.210. The molecule has 1 N–H and O–H groups in total. The number of ether oxygens (including phenoxy) is 1. The maximum atomic E-state index is 11.2. The van der Waals surface area contributed by atoms with E-state index in [9.17, 15) is 4.79 Å². The van der Waals surface area contributed by atoms with Crippen molar-refractivity contribution < 1.29 is 18.5 Å². The highest BCUT2D eigenvalue weighted by Gasteiger charge is 2.34. The maximum absolute atomic E-state index is 11.2. The number of rotatable bonds is 7. The first-order valence-corrected chi connectivity index (χ1v) is 10.6. The Hall–Kier alpha value is -2.74. The molecule has 8 nitrogen and oxygen atoms in total. The van der Waals surface area contributed by atoms with E-state index in [0.29, 0.717) is 46.2 Å². The van der Waals surface area contributed by atoms with E-state index in [1.54, 1.807) is 6.07 Å². The first kappa shape index (κ1) is 19.2. The number of amides is 1. The molecule has 5 rings (SSSR count). The maximum Gasteiger partial charge on any atom is 0.298 e. The van der Waals surface area contributed by atoms with Crippen molar-refractivity contribution in [3.63, 3.8) is 0 Å². The molecule has 0 bridgehead atoms. The third-order valence-corrected chi connectivity index (χ3v) is 5.86. The summed E-state index contributed by atoms with van der Waals surface area (Å²) in [6.45, 7) is 5.50. The fourth-order valence-corrected chi connectivity index (χ4v) is 3.77. The lowest BCUT2D eigenvalue weighted by Crippen LogP contribution is -2.45. The molecule has 0 radical (unpaired) electrons. The Kier molecular flexibility index (Phi) is 4.81. The molecule has 1 aromatic carbocycles. The Morgan fingerprint density at radius 1 is 1.37 bits per heavy atom. The summed E-state index contributed by atoms with van der Waals surface area (Å²) in [7, 11) is 0. The molecule has 9 heteroatoms. The molecule has 1 aliphatic carbocycles. The van der Waals surface area contributed by atoms with Crippen LogP contribution in [0.3, 0.4) is 0 Å². The van der Waals surface area contributed by atoms with E-state index in [4.69, 9.17) is 25.3 Å². The van der Waals surface area contributed by atoms with Crippen molar-refractivity contribution in [2.45, 2.75) is 38.6 Å². The van der Waals surface area contributed by atoms with E-state index >= 15 is 0 Å². The average Bonchev–Trinajstić information content (AvgIpc) is 3.20. The van der Waals surface area contributed by atoms with Crippen LogP contribution in [0.25, 0.3) is 11.1 Å². The van der Waals surface area contributed by atoms with E-state index in [0.717, 1.165) is 18.8 Å². The predicted molar refractivity (Wildman–Crippen MR) is 111 cm³/mol. The third-order valence-electron chi connectivity index (χ3n) is 5.57. The molecule has 1 saturated carbocycles. The number of aromatic nitrogens is 2. The number of carbonyl (C=O) groups excluding carboxylic acids is 1. The van der Waals surface area contributed by atoms with Gasteiger partial charge in [-0.25, -0.2) is 0 Å². The first-order valence-electron chi connectivity index (χ1n) is 10.2. The van der Waals surface area contributed by atoms with Crippen molar-refractivity contribution in [3.8, 4) is 5.75 Å². The monoisotopic (exact) mass is 430 g/mol. The molecular formula is C21H23ClN4O4. The van der Waals surface area contributed by atoms with Crippen molar-refractivity contribution in [1.82, 2.24) is 15.5 Å². The van der Waals surface area contributed by atoms with Gasteiger partial charge in [0.2, 0.25) is 5.91 Å². The highest BCUT2D eigenvalue weighted by molar-refractivity contribution is 6.32. The van der Waals surface area contributed by atoms with E-state index in [1.165, 1.54) is 19.8 Å². The van der Waals surface area contributed by atoms with Crippen LogP contribution < -0.4 is 15.0 Å². The van der Waals surface area contributed by atoms with Crippen LogP contribution in [0.15, 0.2) is 27.1 Å². The lowest BCUT2D eigenvalue weighted by molar-refractivity contribution is -0.119. The van der Waals surface area contributed by atoms with Gasteiger partial charge in [0.25, 0.3) is 6.01 Å². The molecule has 158 valence electrons. The molecule has 2 aromatic heterocycles. The number of carbonyl (C=O) groups is 1. The fraction of sp³-hybridized carbons (Fsp3) is 0.476. The van der Waals surface area contributed by atoms with E-state index in [2.05, 4.69) is 20.4 Å². The fourth-order valence-electron chi connectivity index (χ4n) is 3.55. The van der Waals surface area contributed by atoms with Gasteiger partial charge in [0.05, 0.1) is 23.4 Å². The number of nitrogens with one attached hydrogen (secondary N) is 1. The normalized spacial score (nSPS) is 17.8. The molecule has 1 amide bonds. The van der Waals surface area contributed by atoms with E-state index in [1.807, 2.05) is 19.1 Å². The van der Waals surface area contributed by atoms with Crippen molar-refractivity contribution >= 4 is 34.6 Å². The summed E-state index contributed by atoms with van der Waals surface area (Å²) in [5.41, 5.74) is 2.25. The molecule has 3 aromatic rings. The largest absolute Gasteiger partial charge is 0.492 e. The van der Waals surface area contributed by atoms with Gasteiger partial charge in [0.15, 0.2) is 11.3 Å². The van der Waals surface area contributed by atoms with Crippen LogP contribution in [0.5, 0.6) is 5.75 Å². The third kappa shape index (κ3) is 3.84. The van der Waals surface area contributed by atoms with E-state index < -0.39 is 0 Å². The number of benzene rings is 1. The van der Waals surface area contributed by atoms with Crippen molar-refractivity contribution in [2.75, 3.05) is 24.6 Å². The van der Waals surface area contributed by atoms with Gasteiger partial charge in [-0.15, -0.1) is 0 Å². The smallest absolute Gasteiger partial charge is 0.298 e. The van der Waals surface area contributed by atoms with Gasteiger partial charge in [-0.2, -0.15) is 4.98 Å². The summed E-state index contributed by atoms with van der Waals surface area (Å²) >= 11 is 6.34. The minimum absolute atomic E-state index is 0.104. The molecule has 1 atom stereocenters. The summed E-state index contributed by atoms with van der Waals surface area (Å²) in [5, 5.41) is 7.51. The van der Waals surface area contributed by atoms with Gasteiger partial charge in [-0.05, 0) is 31.7 Å². The van der Waals surface area contributed by atoms with Gasteiger partial charge < -0.3 is 23.9 Å². The molecule has 1 aliphatic heterocycles. The van der Waals surface area contributed by atoms with Crippen LogP contribution in [0.4, 0.5) is 6.01 Å². The highest BCUT2D eigenvalue weighted by atomic mass is 35.5. The summed E-state index contributed by atoms with van der Waals surface area (Å²) in [6, 6.07) is 5.86. The predicted octanol–water partition coefficient (Wildman–Crippen LogP) is 4.06. The van der Waals surface area contributed by atoms with Crippen LogP contribution >= 0.6 is 11.6 Å². The van der Waals surface area contributed by atoms with Gasteiger partial charge in [0.1, 0.15) is 11.3 Å². The van der Waals surface area contributed by atoms with Crippen LogP contribution in [0, 0.1) is 5.92 Å². The Balaban J connectivity index is 1.24. The Morgan fingerprint density at radius 2 is 2.17 bits per heavy atom. The molecule has 0 unspecified atom stereocenters. The van der Waals surface area contributed by atoms with Crippen molar-refractivity contribution in [3.05, 3.63) is 34.7 Å². The van der Waals surface area contributed by atoms with Crippen LogP contribution in [0.2, 0.25) is 5.02 Å². The molecule has 2 fully saturated rings. The van der Waals surface area contributed by atoms with Crippen molar-refractivity contribution in [2.24, 2.45) is 5.92 Å². The Labute approximate surface area is 178 Å². The zero-order valence-corrected chi connectivity index (χ0v) is 17.6. The second-order valence-electron chi connectivity index (χ2n) is 8.18. The average molecular weight is 431 g/mol. The summed E-state index contributed by atoms with van der Waals surface area (Å²) < 4.78 is 17.2. The SMILES string of the molecule is CC(=O)N[C@@H](C)c1cc(C2CN(c3nc4cc(Cl)c(OCC5CC5)cc4o3)C2)no1. The summed E-state index contributed by atoms with van der Waals surface area (Å²) in [6.07, 6.45) is 2.45. The summed E-state index contributed by atoms with van der Waals surface area (Å²) in [4.78, 5) is 17.8.